The fourth-order valence-corrected chi connectivity index (χ4v) is 5.97. The quantitative estimate of drug-likeness (QED) is 0.417. The number of fused-ring (bicyclic) bond motifs is 1. The molecule has 0 aliphatic carbocycles. The second kappa shape index (κ2) is 8.62. The molecular weight excluding hydrogens is 480 g/mol. The number of sulfonamides is 1. The number of amides is 1. The van der Waals surface area contributed by atoms with Crippen LogP contribution in [-0.2, 0) is 16.4 Å². The number of carbonyl (C=O) groups excluding carboxylic acids is 1. The van der Waals surface area contributed by atoms with Gasteiger partial charge in [0.05, 0.1) is 16.3 Å². The summed E-state index contributed by atoms with van der Waals surface area (Å²) in [5, 5.41) is 4.53. The predicted octanol–water partition coefficient (Wildman–Crippen LogP) is 5.09. The highest BCUT2D eigenvalue weighted by atomic mass is 32.2. The summed E-state index contributed by atoms with van der Waals surface area (Å²) in [6.07, 6.45) is 0.649. The Morgan fingerprint density at radius 2 is 1.76 bits per heavy atom. The zero-order valence-electron chi connectivity index (χ0n) is 17.5. The molecule has 0 saturated heterocycles. The number of aromatic nitrogens is 1. The summed E-state index contributed by atoms with van der Waals surface area (Å²) in [7, 11) is -3.75. The smallest absolute Gasteiger partial charge is 0.264 e. The Morgan fingerprint density at radius 1 is 1.00 bits per heavy atom. The van der Waals surface area contributed by atoms with Crippen LogP contribution in [0.4, 0.5) is 19.6 Å². The van der Waals surface area contributed by atoms with Crippen LogP contribution in [0.5, 0.6) is 0 Å². The van der Waals surface area contributed by atoms with Crippen LogP contribution >= 0.6 is 11.3 Å². The predicted molar refractivity (Wildman–Crippen MR) is 127 cm³/mol. The van der Waals surface area contributed by atoms with Crippen molar-refractivity contribution >= 4 is 38.1 Å². The lowest BCUT2D eigenvalue weighted by Crippen LogP contribution is -2.29. The molecule has 0 atom stereocenters. The number of hydrogen-bond donors (Lipinski definition) is 1. The van der Waals surface area contributed by atoms with Gasteiger partial charge < -0.3 is 0 Å². The number of nitrogens with one attached hydrogen (secondary N) is 1. The molecule has 4 aromatic rings. The first kappa shape index (κ1) is 22.2. The Kier molecular flexibility index (Phi) is 5.62. The lowest BCUT2D eigenvalue weighted by Gasteiger charge is -2.19. The molecule has 1 amide bonds. The van der Waals surface area contributed by atoms with Crippen molar-refractivity contribution in [2.45, 2.75) is 11.3 Å². The van der Waals surface area contributed by atoms with Gasteiger partial charge in [-0.3, -0.25) is 14.4 Å². The number of para-hydroxylation sites is 1. The standard InChI is InChI=1S/C24H17F2N3O3S2/c25-19-10-7-17(13-20(19)26)21-14-33-24(27-21)28-23(30)16-5-8-18(9-6-16)34(31,32)29-12-11-15-3-1-2-4-22(15)29/h1-10,13-14H,11-12H2,(H,27,28,30). The molecule has 5 rings (SSSR count). The molecule has 0 bridgehead atoms. The Morgan fingerprint density at radius 3 is 2.53 bits per heavy atom. The average Bonchev–Trinajstić information content (AvgIpc) is 3.48. The molecule has 0 radical (unpaired) electrons. The van der Waals surface area contributed by atoms with Gasteiger partial charge in [0.15, 0.2) is 16.8 Å². The first-order valence-electron chi connectivity index (χ1n) is 10.3. The van der Waals surface area contributed by atoms with Crippen LogP contribution in [0.15, 0.2) is 77.0 Å². The molecule has 34 heavy (non-hydrogen) atoms. The van der Waals surface area contributed by atoms with Gasteiger partial charge in [-0.1, -0.05) is 18.2 Å². The van der Waals surface area contributed by atoms with Crippen LogP contribution in [-0.4, -0.2) is 25.9 Å². The van der Waals surface area contributed by atoms with Gasteiger partial charge in [0, 0.05) is 23.1 Å². The highest BCUT2D eigenvalue weighted by Crippen LogP contribution is 2.33. The molecule has 172 valence electrons. The number of rotatable bonds is 5. The molecule has 0 unspecified atom stereocenters. The Bertz CT molecular complexity index is 1500. The topological polar surface area (TPSA) is 79.4 Å². The van der Waals surface area contributed by atoms with Crippen molar-refractivity contribution in [3.05, 3.63) is 94.9 Å². The molecular formula is C24H17F2N3O3S2. The van der Waals surface area contributed by atoms with E-state index >= 15 is 0 Å². The van der Waals surface area contributed by atoms with Gasteiger partial charge in [-0.2, -0.15) is 0 Å². The van der Waals surface area contributed by atoms with E-state index in [1.165, 1.54) is 34.6 Å². The third kappa shape index (κ3) is 4.06. The second-order valence-corrected chi connectivity index (χ2v) is 10.3. The molecule has 1 aromatic heterocycles. The summed E-state index contributed by atoms with van der Waals surface area (Å²) < 4.78 is 54.2. The molecule has 2 heterocycles. The third-order valence-corrected chi connectivity index (χ3v) is 8.07. The number of hydrogen-bond acceptors (Lipinski definition) is 5. The van der Waals surface area contributed by atoms with Crippen molar-refractivity contribution in [1.29, 1.82) is 0 Å². The van der Waals surface area contributed by atoms with Crippen LogP contribution < -0.4 is 9.62 Å². The maximum atomic E-state index is 13.5. The number of halogens is 2. The average molecular weight is 498 g/mol. The summed E-state index contributed by atoms with van der Waals surface area (Å²) in [6, 6.07) is 16.5. The van der Waals surface area contributed by atoms with E-state index in [0.717, 1.165) is 29.0 Å². The number of thiazole rings is 1. The fraction of sp³-hybridized carbons (Fsp3) is 0.0833. The molecule has 0 saturated carbocycles. The van der Waals surface area contributed by atoms with Crippen molar-refractivity contribution in [3.63, 3.8) is 0 Å². The zero-order valence-corrected chi connectivity index (χ0v) is 19.2. The Hall–Kier alpha value is -3.63. The minimum absolute atomic E-state index is 0.0932. The van der Waals surface area contributed by atoms with E-state index in [-0.39, 0.29) is 15.6 Å². The molecule has 1 N–H and O–H groups in total. The van der Waals surface area contributed by atoms with Crippen molar-refractivity contribution in [1.82, 2.24) is 4.98 Å². The van der Waals surface area contributed by atoms with Crippen LogP contribution in [0, 0.1) is 11.6 Å². The van der Waals surface area contributed by atoms with E-state index in [2.05, 4.69) is 10.3 Å². The van der Waals surface area contributed by atoms with Crippen molar-refractivity contribution in [2.24, 2.45) is 0 Å². The Labute approximate surface area is 198 Å². The number of nitrogens with zero attached hydrogens (tertiary/aromatic N) is 2. The van der Waals surface area contributed by atoms with Gasteiger partial charge >= 0.3 is 0 Å². The SMILES string of the molecule is O=C(Nc1nc(-c2ccc(F)c(F)c2)cs1)c1ccc(S(=O)(=O)N2CCc3ccccc32)cc1. The fourth-order valence-electron chi connectivity index (χ4n) is 3.75. The van der Waals surface area contributed by atoms with E-state index in [0.29, 0.717) is 29.9 Å². The minimum atomic E-state index is -3.75. The molecule has 6 nitrogen and oxygen atoms in total. The number of benzene rings is 3. The maximum Gasteiger partial charge on any atom is 0.264 e. The molecule has 0 fully saturated rings. The second-order valence-electron chi connectivity index (χ2n) is 7.60. The summed E-state index contributed by atoms with van der Waals surface area (Å²) in [5.74, 6) is -2.41. The van der Waals surface area contributed by atoms with Gasteiger partial charge in [-0.15, -0.1) is 11.3 Å². The molecule has 1 aliphatic rings. The van der Waals surface area contributed by atoms with Crippen molar-refractivity contribution < 1.29 is 22.0 Å². The molecule has 0 spiro atoms. The summed E-state index contributed by atoms with van der Waals surface area (Å²) in [6.45, 7) is 0.369. The molecule has 1 aliphatic heterocycles. The largest absolute Gasteiger partial charge is 0.298 e. The zero-order chi connectivity index (χ0) is 23.9. The maximum absolute atomic E-state index is 13.5. The third-order valence-electron chi connectivity index (χ3n) is 5.49. The van der Waals surface area contributed by atoms with Crippen LogP contribution in [0.25, 0.3) is 11.3 Å². The monoisotopic (exact) mass is 497 g/mol. The van der Waals surface area contributed by atoms with E-state index in [9.17, 15) is 22.0 Å². The minimum Gasteiger partial charge on any atom is -0.298 e. The highest BCUT2D eigenvalue weighted by molar-refractivity contribution is 7.92. The van der Waals surface area contributed by atoms with E-state index in [1.807, 2.05) is 12.1 Å². The van der Waals surface area contributed by atoms with Gasteiger partial charge in [0.2, 0.25) is 0 Å². The van der Waals surface area contributed by atoms with Crippen LogP contribution in [0.1, 0.15) is 15.9 Å². The lowest BCUT2D eigenvalue weighted by atomic mass is 10.2. The van der Waals surface area contributed by atoms with E-state index in [1.54, 1.807) is 17.5 Å². The normalized spacial score (nSPS) is 13.1. The van der Waals surface area contributed by atoms with Crippen molar-refractivity contribution in [3.8, 4) is 11.3 Å². The number of carbonyl (C=O) groups is 1. The van der Waals surface area contributed by atoms with Gasteiger partial charge in [0.1, 0.15) is 0 Å². The van der Waals surface area contributed by atoms with E-state index < -0.39 is 27.6 Å². The van der Waals surface area contributed by atoms with E-state index in [4.69, 9.17) is 0 Å². The van der Waals surface area contributed by atoms with Crippen LogP contribution in [0.3, 0.4) is 0 Å². The molecule has 3 aromatic carbocycles. The lowest BCUT2D eigenvalue weighted by molar-refractivity contribution is 0.102. The molecule has 10 heteroatoms. The van der Waals surface area contributed by atoms with Crippen molar-refractivity contribution in [2.75, 3.05) is 16.2 Å². The first-order chi connectivity index (χ1) is 16.3. The summed E-state index contributed by atoms with van der Waals surface area (Å²) in [5.41, 5.74) is 2.68. The van der Waals surface area contributed by atoms with Gasteiger partial charge in [-0.25, -0.2) is 22.2 Å². The first-order valence-corrected chi connectivity index (χ1v) is 12.6. The van der Waals surface area contributed by atoms with Gasteiger partial charge in [0.25, 0.3) is 15.9 Å². The number of anilines is 2. The highest BCUT2D eigenvalue weighted by Gasteiger charge is 2.30. The van der Waals surface area contributed by atoms with Crippen LogP contribution in [0.2, 0.25) is 0 Å². The van der Waals surface area contributed by atoms with Gasteiger partial charge in [-0.05, 0) is 60.5 Å². The summed E-state index contributed by atoms with van der Waals surface area (Å²) in [4.78, 5) is 17.0. The summed E-state index contributed by atoms with van der Waals surface area (Å²) >= 11 is 1.13. The Balaban J connectivity index is 1.31.